The molecule has 0 saturated heterocycles. The molecular formula is C18H26N2S. The number of fused-ring (bicyclic) bond motifs is 1. The number of rotatable bonds is 8. The predicted molar refractivity (Wildman–Crippen MR) is 97.4 cm³/mol. The first-order valence-corrected chi connectivity index (χ1v) is 8.99. The Labute approximate surface area is 132 Å². The SMILES string of the molecule is CCSCCC(CN)N(CC)c1cccc2ccccc12. The van der Waals surface area contributed by atoms with Crippen LogP contribution in [0.1, 0.15) is 20.3 Å². The number of likely N-dealkylation sites (N-methyl/N-ethyl adjacent to an activating group) is 1. The first kappa shape index (κ1) is 16.2. The summed E-state index contributed by atoms with van der Waals surface area (Å²) in [4.78, 5) is 2.47. The lowest BCUT2D eigenvalue weighted by Crippen LogP contribution is -2.41. The molecule has 2 aromatic carbocycles. The highest BCUT2D eigenvalue weighted by Gasteiger charge is 2.17. The van der Waals surface area contributed by atoms with Crippen molar-refractivity contribution in [3.05, 3.63) is 42.5 Å². The molecule has 0 fully saturated rings. The van der Waals surface area contributed by atoms with Crippen molar-refractivity contribution >= 4 is 28.2 Å². The average molecular weight is 302 g/mol. The second kappa shape index (κ2) is 8.30. The van der Waals surface area contributed by atoms with Gasteiger partial charge in [0.25, 0.3) is 0 Å². The van der Waals surface area contributed by atoms with Gasteiger partial charge in [0.1, 0.15) is 0 Å². The molecule has 2 nitrogen and oxygen atoms in total. The highest BCUT2D eigenvalue weighted by molar-refractivity contribution is 7.99. The maximum Gasteiger partial charge on any atom is 0.0448 e. The standard InChI is InChI=1S/C18H26N2S/c1-3-20(16(14-19)12-13-21-4-2)18-11-7-9-15-8-5-6-10-17(15)18/h5-11,16H,3-4,12-14,19H2,1-2H3. The molecule has 0 saturated carbocycles. The highest BCUT2D eigenvalue weighted by atomic mass is 32.2. The summed E-state index contributed by atoms with van der Waals surface area (Å²) in [5, 5.41) is 2.62. The number of benzene rings is 2. The lowest BCUT2D eigenvalue weighted by atomic mass is 10.1. The summed E-state index contributed by atoms with van der Waals surface area (Å²) in [6, 6.07) is 15.6. The Kier molecular flexibility index (Phi) is 6.40. The maximum absolute atomic E-state index is 6.06. The van der Waals surface area contributed by atoms with Crippen LogP contribution in [0.5, 0.6) is 0 Å². The van der Waals surface area contributed by atoms with Gasteiger partial charge in [0.05, 0.1) is 0 Å². The van der Waals surface area contributed by atoms with Crippen LogP contribution in [0, 0.1) is 0 Å². The van der Waals surface area contributed by atoms with Gasteiger partial charge in [-0.25, -0.2) is 0 Å². The van der Waals surface area contributed by atoms with E-state index in [-0.39, 0.29) is 0 Å². The van der Waals surface area contributed by atoms with Crippen molar-refractivity contribution in [2.75, 3.05) is 29.5 Å². The van der Waals surface area contributed by atoms with Gasteiger partial charge >= 0.3 is 0 Å². The van der Waals surface area contributed by atoms with Crippen LogP contribution in [-0.2, 0) is 0 Å². The van der Waals surface area contributed by atoms with Crippen LogP contribution in [-0.4, -0.2) is 30.6 Å². The number of nitrogens with zero attached hydrogens (tertiary/aromatic N) is 1. The van der Waals surface area contributed by atoms with E-state index < -0.39 is 0 Å². The average Bonchev–Trinajstić information content (AvgIpc) is 2.54. The Bertz CT molecular complexity index is 550. The van der Waals surface area contributed by atoms with Crippen LogP contribution in [0.4, 0.5) is 5.69 Å². The summed E-state index contributed by atoms with van der Waals surface area (Å²) in [7, 11) is 0. The van der Waals surface area contributed by atoms with E-state index in [9.17, 15) is 0 Å². The quantitative estimate of drug-likeness (QED) is 0.743. The monoisotopic (exact) mass is 302 g/mol. The van der Waals surface area contributed by atoms with Gasteiger partial charge in [0.2, 0.25) is 0 Å². The molecule has 0 spiro atoms. The van der Waals surface area contributed by atoms with Crippen molar-refractivity contribution in [3.8, 4) is 0 Å². The van der Waals surface area contributed by atoms with Gasteiger partial charge in [-0.05, 0) is 36.3 Å². The van der Waals surface area contributed by atoms with Gasteiger partial charge in [-0.1, -0.05) is 43.3 Å². The topological polar surface area (TPSA) is 29.3 Å². The summed E-state index contributed by atoms with van der Waals surface area (Å²) in [5.74, 6) is 2.36. The van der Waals surface area contributed by atoms with E-state index in [1.54, 1.807) is 0 Å². The Balaban J connectivity index is 2.29. The largest absolute Gasteiger partial charge is 0.367 e. The molecule has 0 aromatic heterocycles. The van der Waals surface area contributed by atoms with E-state index in [1.165, 1.54) is 28.0 Å². The first-order valence-electron chi connectivity index (χ1n) is 7.84. The molecule has 0 amide bonds. The molecule has 1 atom stereocenters. The molecular weight excluding hydrogens is 276 g/mol. The lowest BCUT2D eigenvalue weighted by Gasteiger charge is -2.33. The van der Waals surface area contributed by atoms with Crippen LogP contribution >= 0.6 is 11.8 Å². The van der Waals surface area contributed by atoms with Crippen LogP contribution < -0.4 is 10.6 Å². The van der Waals surface area contributed by atoms with Crippen molar-refractivity contribution in [2.24, 2.45) is 5.73 Å². The number of hydrogen-bond donors (Lipinski definition) is 1. The molecule has 2 N–H and O–H groups in total. The Hall–Kier alpha value is -1.19. The lowest BCUT2D eigenvalue weighted by molar-refractivity contribution is 0.597. The van der Waals surface area contributed by atoms with Gasteiger partial charge in [-0.15, -0.1) is 0 Å². The number of hydrogen-bond acceptors (Lipinski definition) is 3. The summed E-state index contributed by atoms with van der Waals surface area (Å²) in [6.45, 7) is 6.13. The minimum Gasteiger partial charge on any atom is -0.367 e. The zero-order chi connectivity index (χ0) is 15.1. The van der Waals surface area contributed by atoms with Crippen molar-refractivity contribution in [3.63, 3.8) is 0 Å². The van der Waals surface area contributed by atoms with Gasteiger partial charge in [-0.2, -0.15) is 11.8 Å². The van der Waals surface area contributed by atoms with Crippen LogP contribution in [0.2, 0.25) is 0 Å². The molecule has 2 aromatic rings. The van der Waals surface area contributed by atoms with Crippen LogP contribution in [0.25, 0.3) is 10.8 Å². The molecule has 1 unspecified atom stereocenters. The van der Waals surface area contributed by atoms with E-state index in [4.69, 9.17) is 5.73 Å². The Morgan fingerprint density at radius 3 is 2.57 bits per heavy atom. The fourth-order valence-electron chi connectivity index (χ4n) is 2.85. The molecule has 0 aliphatic heterocycles. The minimum absolute atomic E-state index is 0.417. The minimum atomic E-state index is 0.417. The van der Waals surface area contributed by atoms with E-state index in [0.29, 0.717) is 12.6 Å². The van der Waals surface area contributed by atoms with Crippen molar-refractivity contribution in [2.45, 2.75) is 26.3 Å². The summed E-state index contributed by atoms with van der Waals surface area (Å²) in [5.41, 5.74) is 7.37. The predicted octanol–water partition coefficient (Wildman–Crippen LogP) is 4.14. The molecule has 114 valence electrons. The van der Waals surface area contributed by atoms with E-state index in [1.807, 2.05) is 11.8 Å². The third-order valence-corrected chi connectivity index (χ3v) is 4.86. The van der Waals surface area contributed by atoms with Crippen molar-refractivity contribution in [1.82, 2.24) is 0 Å². The van der Waals surface area contributed by atoms with Crippen LogP contribution in [0.15, 0.2) is 42.5 Å². The smallest absolute Gasteiger partial charge is 0.0448 e. The maximum atomic E-state index is 6.06. The second-order valence-corrected chi connectivity index (χ2v) is 6.55. The second-order valence-electron chi connectivity index (χ2n) is 5.16. The normalized spacial score (nSPS) is 12.5. The number of nitrogens with two attached hydrogens (primary N) is 1. The van der Waals surface area contributed by atoms with Gasteiger partial charge in [0, 0.05) is 30.2 Å². The van der Waals surface area contributed by atoms with Crippen molar-refractivity contribution in [1.29, 1.82) is 0 Å². The Morgan fingerprint density at radius 2 is 1.86 bits per heavy atom. The summed E-state index contributed by atoms with van der Waals surface area (Å²) >= 11 is 2.00. The van der Waals surface area contributed by atoms with E-state index in [0.717, 1.165) is 13.0 Å². The summed E-state index contributed by atoms with van der Waals surface area (Å²) in [6.07, 6.45) is 1.14. The molecule has 0 bridgehead atoms. The number of thioether (sulfide) groups is 1. The first-order chi connectivity index (χ1) is 10.3. The molecule has 0 aliphatic rings. The zero-order valence-electron chi connectivity index (χ0n) is 13.1. The Morgan fingerprint density at radius 1 is 1.10 bits per heavy atom. The third kappa shape index (κ3) is 3.92. The zero-order valence-corrected chi connectivity index (χ0v) is 13.9. The number of anilines is 1. The van der Waals surface area contributed by atoms with E-state index >= 15 is 0 Å². The molecule has 0 aliphatic carbocycles. The molecule has 0 heterocycles. The molecule has 21 heavy (non-hydrogen) atoms. The van der Waals surface area contributed by atoms with Gasteiger partial charge in [-0.3, -0.25) is 0 Å². The van der Waals surface area contributed by atoms with Gasteiger partial charge in [0.15, 0.2) is 0 Å². The third-order valence-electron chi connectivity index (χ3n) is 3.93. The fraction of sp³-hybridized carbons (Fsp3) is 0.444. The van der Waals surface area contributed by atoms with Gasteiger partial charge < -0.3 is 10.6 Å². The fourth-order valence-corrected chi connectivity index (χ4v) is 3.58. The molecule has 0 radical (unpaired) electrons. The van der Waals surface area contributed by atoms with E-state index in [2.05, 4.69) is 61.2 Å². The molecule has 3 heteroatoms. The summed E-state index contributed by atoms with van der Waals surface area (Å²) < 4.78 is 0. The van der Waals surface area contributed by atoms with Crippen LogP contribution in [0.3, 0.4) is 0 Å². The van der Waals surface area contributed by atoms with Crippen molar-refractivity contribution < 1.29 is 0 Å². The highest BCUT2D eigenvalue weighted by Crippen LogP contribution is 2.28. The molecule has 2 rings (SSSR count).